The number of para-hydroxylation sites is 1. The molecule has 2 aromatic rings. The average molecular weight is 397 g/mol. The van der Waals surface area contributed by atoms with Crippen LogP contribution >= 0.6 is 11.8 Å². The van der Waals surface area contributed by atoms with E-state index >= 15 is 0 Å². The fraction of sp³-hybridized carbons (Fsp3) is 0.364. The van der Waals surface area contributed by atoms with Crippen LogP contribution in [0.5, 0.6) is 0 Å². The smallest absolute Gasteiger partial charge is 0.234 e. The topological polar surface area (TPSA) is 47.9 Å². The summed E-state index contributed by atoms with van der Waals surface area (Å²) in [6.45, 7) is 7.92. The largest absolute Gasteiger partial charge is 0.349 e. The predicted molar refractivity (Wildman–Crippen MR) is 120 cm³/mol. The second kappa shape index (κ2) is 9.75. The second-order valence-electron chi connectivity index (χ2n) is 7.18. The van der Waals surface area contributed by atoms with Gasteiger partial charge in [0.15, 0.2) is 5.17 Å². The number of anilines is 1. The molecule has 0 aliphatic carbocycles. The number of hydrogen-bond donors (Lipinski definition) is 1. The lowest BCUT2D eigenvalue weighted by molar-refractivity contribution is -0.113. The van der Waals surface area contributed by atoms with Crippen molar-refractivity contribution >= 4 is 34.2 Å². The monoisotopic (exact) mass is 396 g/mol. The van der Waals surface area contributed by atoms with Gasteiger partial charge in [0.1, 0.15) is 0 Å². The number of aliphatic imine (C=N–C) groups is 1. The summed E-state index contributed by atoms with van der Waals surface area (Å²) in [5.41, 5.74) is 4.06. The molecule has 1 saturated heterocycles. The SMILES string of the molecule is Cc1ccc(NC(=O)CSC(=Nc2ccccc2)N2CCN(C)CC2)c(C)c1. The van der Waals surface area contributed by atoms with Crippen molar-refractivity contribution in [3.63, 3.8) is 0 Å². The number of amides is 1. The quantitative estimate of drug-likeness (QED) is 0.629. The molecule has 5 nitrogen and oxygen atoms in total. The summed E-state index contributed by atoms with van der Waals surface area (Å²) < 4.78 is 0. The van der Waals surface area contributed by atoms with Gasteiger partial charge in [-0.05, 0) is 44.7 Å². The number of nitrogens with one attached hydrogen (secondary N) is 1. The van der Waals surface area contributed by atoms with E-state index in [4.69, 9.17) is 4.99 Å². The first-order valence-electron chi connectivity index (χ1n) is 9.58. The minimum absolute atomic E-state index is 0.00755. The maximum Gasteiger partial charge on any atom is 0.234 e. The maximum absolute atomic E-state index is 12.5. The van der Waals surface area contributed by atoms with Crippen molar-refractivity contribution in [2.75, 3.05) is 44.3 Å². The van der Waals surface area contributed by atoms with Gasteiger partial charge in [0.2, 0.25) is 5.91 Å². The number of aryl methyl sites for hydroxylation is 2. The van der Waals surface area contributed by atoms with Crippen molar-refractivity contribution in [1.82, 2.24) is 9.80 Å². The number of likely N-dealkylation sites (N-methyl/N-ethyl adjacent to an activating group) is 1. The molecule has 2 aromatic carbocycles. The number of carbonyl (C=O) groups excluding carboxylic acids is 1. The van der Waals surface area contributed by atoms with E-state index in [0.717, 1.165) is 48.3 Å². The van der Waals surface area contributed by atoms with E-state index in [0.29, 0.717) is 5.75 Å². The van der Waals surface area contributed by atoms with Gasteiger partial charge in [-0.2, -0.15) is 0 Å². The molecule has 1 fully saturated rings. The standard InChI is InChI=1S/C22H28N4OS/c1-17-9-10-20(18(2)15-17)24-21(27)16-28-22(23-19-7-5-4-6-8-19)26-13-11-25(3)12-14-26/h4-10,15H,11-14,16H2,1-3H3,(H,24,27). The van der Waals surface area contributed by atoms with Gasteiger partial charge >= 0.3 is 0 Å². The molecule has 1 aliphatic heterocycles. The Kier molecular flexibility index (Phi) is 7.12. The van der Waals surface area contributed by atoms with Gasteiger partial charge in [-0.1, -0.05) is 47.7 Å². The molecule has 148 valence electrons. The third kappa shape index (κ3) is 5.84. The van der Waals surface area contributed by atoms with Gasteiger partial charge in [-0.15, -0.1) is 0 Å². The summed E-state index contributed by atoms with van der Waals surface area (Å²) >= 11 is 1.51. The zero-order valence-corrected chi connectivity index (χ0v) is 17.6. The highest BCUT2D eigenvalue weighted by Gasteiger charge is 2.19. The Hall–Kier alpha value is -2.31. The summed E-state index contributed by atoms with van der Waals surface area (Å²) in [6, 6.07) is 16.0. The van der Waals surface area contributed by atoms with Crippen molar-refractivity contribution in [3.05, 3.63) is 59.7 Å². The number of amidine groups is 1. The molecule has 6 heteroatoms. The number of nitrogens with zero attached hydrogens (tertiary/aromatic N) is 3. The number of carbonyl (C=O) groups is 1. The Morgan fingerprint density at radius 3 is 2.46 bits per heavy atom. The molecule has 0 bridgehead atoms. The first-order valence-corrected chi connectivity index (χ1v) is 10.6. The van der Waals surface area contributed by atoms with Gasteiger partial charge < -0.3 is 15.1 Å². The molecule has 0 unspecified atom stereocenters. The summed E-state index contributed by atoms with van der Waals surface area (Å²) in [5.74, 6) is 0.331. The molecule has 1 aliphatic rings. The third-order valence-corrected chi connectivity index (χ3v) is 5.76. The molecule has 1 N–H and O–H groups in total. The van der Waals surface area contributed by atoms with Crippen LogP contribution in [-0.4, -0.2) is 59.9 Å². The van der Waals surface area contributed by atoms with E-state index in [1.165, 1.54) is 17.3 Å². The minimum atomic E-state index is -0.00755. The lowest BCUT2D eigenvalue weighted by Crippen LogP contribution is -2.46. The molecule has 0 aromatic heterocycles. The summed E-state index contributed by atoms with van der Waals surface area (Å²) in [7, 11) is 2.13. The van der Waals surface area contributed by atoms with E-state index in [1.54, 1.807) is 0 Å². The number of thioether (sulfide) groups is 1. The van der Waals surface area contributed by atoms with Crippen molar-refractivity contribution in [3.8, 4) is 0 Å². The fourth-order valence-electron chi connectivity index (χ4n) is 3.08. The Labute approximate surface area is 171 Å². The number of rotatable bonds is 4. The molecule has 1 amide bonds. The van der Waals surface area contributed by atoms with Crippen LogP contribution in [-0.2, 0) is 4.79 Å². The van der Waals surface area contributed by atoms with Crippen LogP contribution in [0.25, 0.3) is 0 Å². The van der Waals surface area contributed by atoms with Crippen LogP contribution in [0.15, 0.2) is 53.5 Å². The molecular weight excluding hydrogens is 368 g/mol. The van der Waals surface area contributed by atoms with Crippen LogP contribution in [0.3, 0.4) is 0 Å². The predicted octanol–water partition coefficient (Wildman–Crippen LogP) is 3.91. The number of hydrogen-bond acceptors (Lipinski definition) is 4. The van der Waals surface area contributed by atoms with Gasteiger partial charge in [-0.25, -0.2) is 4.99 Å². The van der Waals surface area contributed by atoms with Crippen LogP contribution < -0.4 is 5.32 Å². The normalized spacial score (nSPS) is 15.5. The van der Waals surface area contributed by atoms with Crippen LogP contribution in [0.2, 0.25) is 0 Å². The lowest BCUT2D eigenvalue weighted by atomic mass is 10.1. The van der Waals surface area contributed by atoms with Crippen LogP contribution in [0.4, 0.5) is 11.4 Å². The molecule has 0 saturated carbocycles. The van der Waals surface area contributed by atoms with Crippen molar-refractivity contribution in [1.29, 1.82) is 0 Å². The summed E-state index contributed by atoms with van der Waals surface area (Å²) in [4.78, 5) is 21.9. The molecule has 0 spiro atoms. The fourth-order valence-corrected chi connectivity index (χ4v) is 3.94. The number of benzene rings is 2. The first kappa shape index (κ1) is 20.4. The van der Waals surface area contributed by atoms with E-state index in [2.05, 4.69) is 35.2 Å². The second-order valence-corrected chi connectivity index (χ2v) is 8.12. The summed E-state index contributed by atoms with van der Waals surface area (Å²) in [6.07, 6.45) is 0. The van der Waals surface area contributed by atoms with Gasteiger partial charge in [-0.3, -0.25) is 4.79 Å². The third-order valence-electron chi connectivity index (χ3n) is 4.74. The van der Waals surface area contributed by atoms with Crippen LogP contribution in [0.1, 0.15) is 11.1 Å². The van der Waals surface area contributed by atoms with Crippen molar-refractivity contribution in [2.45, 2.75) is 13.8 Å². The Morgan fingerprint density at radius 1 is 1.07 bits per heavy atom. The molecule has 0 radical (unpaired) electrons. The number of piperazine rings is 1. The van der Waals surface area contributed by atoms with Gasteiger partial charge in [0.05, 0.1) is 11.4 Å². The Bertz CT molecular complexity index is 830. The van der Waals surface area contributed by atoms with Gasteiger partial charge in [0, 0.05) is 31.9 Å². The van der Waals surface area contributed by atoms with Gasteiger partial charge in [0.25, 0.3) is 0 Å². The first-order chi connectivity index (χ1) is 13.5. The maximum atomic E-state index is 12.5. The Morgan fingerprint density at radius 2 is 1.79 bits per heavy atom. The van der Waals surface area contributed by atoms with Crippen LogP contribution in [0, 0.1) is 13.8 Å². The highest BCUT2D eigenvalue weighted by Crippen LogP contribution is 2.20. The van der Waals surface area contributed by atoms with Crippen molar-refractivity contribution in [2.24, 2.45) is 4.99 Å². The minimum Gasteiger partial charge on any atom is -0.349 e. The molecule has 3 rings (SSSR count). The zero-order chi connectivity index (χ0) is 19.9. The Balaban J connectivity index is 1.67. The van der Waals surface area contributed by atoms with E-state index in [1.807, 2.05) is 49.4 Å². The highest BCUT2D eigenvalue weighted by molar-refractivity contribution is 8.14. The van der Waals surface area contributed by atoms with E-state index in [9.17, 15) is 4.79 Å². The summed E-state index contributed by atoms with van der Waals surface area (Å²) in [5, 5.41) is 3.94. The van der Waals surface area contributed by atoms with Crippen molar-refractivity contribution < 1.29 is 4.79 Å². The van der Waals surface area contributed by atoms with E-state index < -0.39 is 0 Å². The highest BCUT2D eigenvalue weighted by atomic mass is 32.2. The molecule has 1 heterocycles. The van der Waals surface area contributed by atoms with E-state index in [-0.39, 0.29) is 5.91 Å². The molecular formula is C22H28N4OS. The lowest BCUT2D eigenvalue weighted by Gasteiger charge is -2.34. The zero-order valence-electron chi connectivity index (χ0n) is 16.8. The average Bonchev–Trinajstić information content (AvgIpc) is 2.69. The molecule has 28 heavy (non-hydrogen) atoms. The molecule has 0 atom stereocenters.